The van der Waals surface area contributed by atoms with Crippen LogP contribution >= 0.6 is 0 Å². The molecule has 1 N–H and O–H groups in total. The van der Waals surface area contributed by atoms with Gasteiger partial charge in [0.25, 0.3) is 0 Å². The van der Waals surface area contributed by atoms with E-state index in [1.54, 1.807) is 6.92 Å². The van der Waals surface area contributed by atoms with E-state index in [0.29, 0.717) is 0 Å². The van der Waals surface area contributed by atoms with E-state index in [2.05, 4.69) is 6.92 Å². The summed E-state index contributed by atoms with van der Waals surface area (Å²) in [4.78, 5) is 0. The molecule has 0 radical (unpaired) electrons. The molecule has 0 atom stereocenters. The van der Waals surface area contributed by atoms with Crippen molar-refractivity contribution in [3.05, 3.63) is 13.5 Å². The van der Waals surface area contributed by atoms with Crippen molar-refractivity contribution in [1.82, 2.24) is 0 Å². The van der Waals surface area contributed by atoms with Crippen molar-refractivity contribution in [1.29, 1.82) is 0 Å². The minimum atomic E-state index is 0. The molecule has 0 bridgehead atoms. The summed E-state index contributed by atoms with van der Waals surface area (Å²) in [5, 5.41) is 7.75. The Kier molecular flexibility index (Phi) is 68.7. The van der Waals surface area contributed by atoms with Crippen LogP contribution in [-0.2, 0) is 19.5 Å². The Balaban J connectivity index is -0.0000000480. The van der Waals surface area contributed by atoms with Gasteiger partial charge in [0.2, 0.25) is 0 Å². The van der Waals surface area contributed by atoms with Crippen LogP contribution in [0.1, 0.15) is 20.3 Å². The molecule has 0 fully saturated rings. The topological polar surface area (TPSA) is 20.2 Å². The first-order chi connectivity index (χ1) is 2.91. The van der Waals surface area contributed by atoms with Crippen LogP contribution in [0.2, 0.25) is 0 Å². The number of rotatable bonds is 1. The molecular weight excluding hydrogens is 141 g/mol. The molecule has 0 rings (SSSR count). The van der Waals surface area contributed by atoms with Crippen molar-refractivity contribution in [2.75, 3.05) is 0 Å². The van der Waals surface area contributed by atoms with Gasteiger partial charge in [0.05, 0.1) is 0 Å². The molecule has 2 heteroatoms. The summed E-state index contributed by atoms with van der Waals surface area (Å²) in [7, 11) is 0. The Morgan fingerprint density at radius 1 is 1.57 bits per heavy atom. The third-order valence-electron chi connectivity index (χ3n) is 0.183. The molecule has 0 saturated heterocycles. The van der Waals surface area contributed by atoms with E-state index >= 15 is 0 Å². The summed E-state index contributed by atoms with van der Waals surface area (Å²) < 4.78 is 0. The molecule has 1 nitrogen and oxygen atoms in total. The van der Waals surface area contributed by atoms with Crippen LogP contribution in [0, 0.1) is 13.5 Å². The molecule has 0 aromatic heterocycles. The first kappa shape index (κ1) is 15.6. The normalized spacial score (nSPS) is 5.14. The van der Waals surface area contributed by atoms with Crippen LogP contribution in [-0.4, -0.2) is 5.11 Å². The Morgan fingerprint density at radius 3 is 1.71 bits per heavy atom. The average molecular weight is 154 g/mol. The largest absolute Gasteiger partial charge is 2.00 e. The zero-order chi connectivity index (χ0) is 5.41. The fourth-order valence-electron chi connectivity index (χ4n) is 0. The average Bonchev–Trinajstić information content (AvgIpc) is 1.72. The van der Waals surface area contributed by atoms with Crippen LogP contribution in [0.15, 0.2) is 0 Å². The smallest absolute Gasteiger partial charge is 0.566 e. The molecule has 0 aromatic rings. The molecule has 0 amide bonds. The fraction of sp³-hybridized carbons (Fsp3) is 0.600. The first-order valence-electron chi connectivity index (χ1n) is 2.08. The molecular formula is C5H12OZn. The summed E-state index contributed by atoms with van der Waals surface area (Å²) in [6, 6.07) is 0. The second-order valence-corrected chi connectivity index (χ2v) is 0.591. The molecule has 0 aliphatic carbocycles. The summed E-state index contributed by atoms with van der Waals surface area (Å²) >= 11 is 0. The zero-order valence-electron chi connectivity index (χ0n) is 5.15. The Morgan fingerprint density at radius 2 is 1.71 bits per heavy atom. The van der Waals surface area contributed by atoms with Crippen molar-refractivity contribution in [2.45, 2.75) is 20.3 Å². The third kappa shape index (κ3) is 55.2. The molecule has 0 aliphatic rings. The number of aliphatic hydroxyl groups is 1. The quantitative estimate of drug-likeness (QED) is 0.450. The maximum Gasteiger partial charge on any atom is 2.00 e. The summed E-state index contributed by atoms with van der Waals surface area (Å²) in [5.41, 5.74) is 0. The number of hydrogen-bond acceptors (Lipinski definition) is 1. The second-order valence-electron chi connectivity index (χ2n) is 0.591. The van der Waals surface area contributed by atoms with Crippen molar-refractivity contribution < 1.29 is 24.6 Å². The molecule has 7 heavy (non-hydrogen) atoms. The predicted molar refractivity (Wildman–Crippen MR) is 27.6 cm³/mol. The van der Waals surface area contributed by atoms with E-state index in [0.717, 1.165) is 13.0 Å². The van der Waals surface area contributed by atoms with Gasteiger partial charge in [-0.15, -0.1) is 0 Å². The molecule has 0 spiro atoms. The predicted octanol–water partition coefficient (Wildman–Crippen LogP) is 1.77. The van der Waals surface area contributed by atoms with Gasteiger partial charge >= 0.3 is 19.5 Å². The maximum absolute atomic E-state index is 7.75. The maximum atomic E-state index is 7.75. The molecule has 0 aromatic carbocycles. The summed E-state index contributed by atoms with van der Waals surface area (Å²) in [5.74, 6) is 0. The number of aliphatic hydroxyl groups excluding tert-OH is 1. The fourth-order valence-corrected chi connectivity index (χ4v) is 0. The van der Waals surface area contributed by atoms with E-state index in [1.807, 2.05) is 6.92 Å². The van der Waals surface area contributed by atoms with E-state index in [-0.39, 0.29) is 19.5 Å². The van der Waals surface area contributed by atoms with Crippen molar-refractivity contribution in [3.8, 4) is 0 Å². The van der Waals surface area contributed by atoms with Gasteiger partial charge in [-0.05, 0) is 0 Å². The zero-order valence-corrected chi connectivity index (χ0v) is 8.11. The monoisotopic (exact) mass is 152 g/mol. The molecule has 0 saturated carbocycles. The van der Waals surface area contributed by atoms with Crippen LogP contribution in [0.4, 0.5) is 0 Å². The minimum absolute atomic E-state index is 0. The van der Waals surface area contributed by atoms with E-state index in [1.165, 1.54) is 0 Å². The summed E-state index contributed by atoms with van der Waals surface area (Å²) in [6.45, 7) is 8.00. The molecule has 0 heterocycles. The molecule has 0 unspecified atom stereocenters. The Hall–Kier alpha value is 0.583. The minimum Gasteiger partial charge on any atom is -0.566 e. The van der Waals surface area contributed by atoms with Crippen molar-refractivity contribution >= 4 is 0 Å². The van der Waals surface area contributed by atoms with Gasteiger partial charge < -0.3 is 12.0 Å². The second kappa shape index (κ2) is 30.8. The van der Waals surface area contributed by atoms with Gasteiger partial charge in [0, 0.05) is 0 Å². The van der Waals surface area contributed by atoms with Crippen LogP contribution in [0.3, 0.4) is 0 Å². The van der Waals surface area contributed by atoms with Gasteiger partial charge in [-0.2, -0.15) is 13.3 Å². The van der Waals surface area contributed by atoms with Crippen LogP contribution < -0.4 is 0 Å². The van der Waals surface area contributed by atoms with Gasteiger partial charge in [-0.3, -0.25) is 0 Å². The van der Waals surface area contributed by atoms with E-state index < -0.39 is 0 Å². The van der Waals surface area contributed by atoms with Crippen molar-refractivity contribution in [2.24, 2.45) is 0 Å². The summed E-state index contributed by atoms with van der Waals surface area (Å²) in [6.07, 6.45) is 0.750. The van der Waals surface area contributed by atoms with Gasteiger partial charge in [-0.25, -0.2) is 6.61 Å². The van der Waals surface area contributed by atoms with Crippen LogP contribution in [0.5, 0.6) is 0 Å². The SMILES string of the molecule is CC[CH-]O.[CH2-]C.[Zn+2]. The van der Waals surface area contributed by atoms with Gasteiger partial charge in [0.15, 0.2) is 0 Å². The third-order valence-corrected chi connectivity index (χ3v) is 0.183. The Bertz CT molecular complexity index is 10.0. The standard InChI is InChI=1S/C3H7O.C2H5.Zn/c1-2-3-4;1-2;/h3-4H,2H2,1H3;1H2,2H3;/q2*-1;+2. The molecule has 0 aliphatic heterocycles. The van der Waals surface area contributed by atoms with Crippen LogP contribution in [0.25, 0.3) is 0 Å². The van der Waals surface area contributed by atoms with E-state index in [4.69, 9.17) is 5.11 Å². The van der Waals surface area contributed by atoms with Gasteiger partial charge in [0.1, 0.15) is 0 Å². The Labute approximate surface area is 58.9 Å². The van der Waals surface area contributed by atoms with Crippen molar-refractivity contribution in [3.63, 3.8) is 0 Å². The molecule has 40 valence electrons. The van der Waals surface area contributed by atoms with Gasteiger partial charge in [-0.1, -0.05) is 6.92 Å². The number of hydrogen-bond donors (Lipinski definition) is 1. The first-order valence-corrected chi connectivity index (χ1v) is 2.08. The van der Waals surface area contributed by atoms with E-state index in [9.17, 15) is 0 Å².